The van der Waals surface area contributed by atoms with E-state index in [0.717, 1.165) is 22.9 Å². The van der Waals surface area contributed by atoms with E-state index < -0.39 is 0 Å². The van der Waals surface area contributed by atoms with Gasteiger partial charge in [-0.25, -0.2) is 9.97 Å². The first-order chi connectivity index (χ1) is 13.3. The van der Waals surface area contributed by atoms with E-state index in [-0.39, 0.29) is 0 Å². The van der Waals surface area contributed by atoms with Crippen LogP contribution in [0.15, 0.2) is 107 Å². The summed E-state index contributed by atoms with van der Waals surface area (Å²) >= 11 is 1.61. The van der Waals surface area contributed by atoms with Crippen molar-refractivity contribution in [2.75, 3.05) is 0 Å². The third-order valence-electron chi connectivity index (χ3n) is 4.31. The standard InChI is InChI=1S/C24H20N2S/c1-3-7-19(8-4-1)15-21-11-13-25-23(17-21)27-24-18-22(12-14-26-24)16-20-9-5-2-6-10-20/h1-14,17-18H,15-16H2. The van der Waals surface area contributed by atoms with Gasteiger partial charge in [-0.15, -0.1) is 0 Å². The second kappa shape index (κ2) is 8.65. The Labute approximate surface area is 164 Å². The Kier molecular flexibility index (Phi) is 5.61. The molecule has 0 unspecified atom stereocenters. The van der Waals surface area contributed by atoms with E-state index in [1.165, 1.54) is 22.3 Å². The molecule has 0 saturated carbocycles. The first-order valence-electron chi connectivity index (χ1n) is 9.01. The van der Waals surface area contributed by atoms with Gasteiger partial charge in [0.15, 0.2) is 0 Å². The first kappa shape index (κ1) is 17.5. The van der Waals surface area contributed by atoms with Gasteiger partial charge in [0.2, 0.25) is 0 Å². The van der Waals surface area contributed by atoms with Crippen LogP contribution in [-0.2, 0) is 12.8 Å². The van der Waals surface area contributed by atoms with E-state index in [2.05, 4.69) is 82.8 Å². The zero-order valence-electron chi connectivity index (χ0n) is 15.0. The molecule has 0 aliphatic heterocycles. The molecule has 0 N–H and O–H groups in total. The highest BCUT2D eigenvalue weighted by Crippen LogP contribution is 2.26. The summed E-state index contributed by atoms with van der Waals surface area (Å²) in [4.78, 5) is 9.03. The molecule has 0 bridgehead atoms. The lowest BCUT2D eigenvalue weighted by atomic mass is 10.1. The van der Waals surface area contributed by atoms with Crippen LogP contribution in [0.1, 0.15) is 22.3 Å². The lowest BCUT2D eigenvalue weighted by Gasteiger charge is -2.06. The smallest absolute Gasteiger partial charge is 0.102 e. The van der Waals surface area contributed by atoms with Gasteiger partial charge in [-0.05, 0) is 59.4 Å². The van der Waals surface area contributed by atoms with Crippen LogP contribution >= 0.6 is 11.8 Å². The highest BCUT2D eigenvalue weighted by atomic mass is 32.2. The summed E-state index contributed by atoms with van der Waals surface area (Å²) in [6, 6.07) is 29.5. The van der Waals surface area contributed by atoms with E-state index >= 15 is 0 Å². The van der Waals surface area contributed by atoms with Gasteiger partial charge < -0.3 is 0 Å². The normalized spacial score (nSPS) is 10.7. The van der Waals surface area contributed by atoms with Crippen molar-refractivity contribution >= 4 is 11.8 Å². The van der Waals surface area contributed by atoms with Crippen molar-refractivity contribution in [3.63, 3.8) is 0 Å². The zero-order chi connectivity index (χ0) is 18.3. The summed E-state index contributed by atoms with van der Waals surface area (Å²) < 4.78 is 0. The Hall–Kier alpha value is -2.91. The second-order valence-electron chi connectivity index (χ2n) is 6.43. The van der Waals surface area contributed by atoms with Crippen molar-refractivity contribution in [2.24, 2.45) is 0 Å². The van der Waals surface area contributed by atoms with Gasteiger partial charge in [0.05, 0.1) is 0 Å². The van der Waals surface area contributed by atoms with E-state index in [1.807, 2.05) is 24.5 Å². The van der Waals surface area contributed by atoms with E-state index in [0.29, 0.717) is 0 Å². The van der Waals surface area contributed by atoms with Gasteiger partial charge in [-0.2, -0.15) is 0 Å². The number of benzene rings is 2. The SMILES string of the molecule is c1ccc(Cc2ccnc(Sc3cc(Cc4ccccc4)ccn3)c2)cc1. The summed E-state index contributed by atoms with van der Waals surface area (Å²) in [5, 5.41) is 1.96. The van der Waals surface area contributed by atoms with Crippen LogP contribution in [0, 0.1) is 0 Å². The Morgan fingerprint density at radius 3 is 1.41 bits per heavy atom. The highest BCUT2D eigenvalue weighted by molar-refractivity contribution is 7.99. The van der Waals surface area contributed by atoms with Gasteiger partial charge in [-0.1, -0.05) is 72.4 Å². The zero-order valence-corrected chi connectivity index (χ0v) is 15.8. The molecule has 2 aromatic heterocycles. The van der Waals surface area contributed by atoms with Gasteiger partial charge in [0, 0.05) is 12.4 Å². The van der Waals surface area contributed by atoms with Gasteiger partial charge in [0.1, 0.15) is 10.1 Å². The Morgan fingerprint density at radius 2 is 0.963 bits per heavy atom. The number of nitrogens with zero attached hydrogens (tertiary/aromatic N) is 2. The number of aromatic nitrogens is 2. The summed E-state index contributed by atoms with van der Waals surface area (Å²) in [7, 11) is 0. The minimum absolute atomic E-state index is 0.915. The molecule has 27 heavy (non-hydrogen) atoms. The van der Waals surface area contributed by atoms with Crippen molar-refractivity contribution in [1.82, 2.24) is 9.97 Å². The Morgan fingerprint density at radius 1 is 0.519 bits per heavy atom. The van der Waals surface area contributed by atoms with Gasteiger partial charge in [0.25, 0.3) is 0 Å². The van der Waals surface area contributed by atoms with Crippen molar-refractivity contribution in [3.05, 3.63) is 120 Å². The fourth-order valence-corrected chi connectivity index (χ4v) is 3.86. The maximum Gasteiger partial charge on any atom is 0.102 e. The molecule has 0 fully saturated rings. The third kappa shape index (κ3) is 5.05. The fraction of sp³-hybridized carbons (Fsp3) is 0.0833. The molecular weight excluding hydrogens is 348 g/mol. The van der Waals surface area contributed by atoms with Crippen LogP contribution in [0.4, 0.5) is 0 Å². The number of hydrogen-bond donors (Lipinski definition) is 0. The minimum atomic E-state index is 0.915. The van der Waals surface area contributed by atoms with Crippen LogP contribution in [0.5, 0.6) is 0 Å². The Balaban J connectivity index is 1.47. The molecule has 0 saturated heterocycles. The molecule has 0 spiro atoms. The van der Waals surface area contributed by atoms with Crippen LogP contribution in [0.3, 0.4) is 0 Å². The average molecular weight is 369 g/mol. The second-order valence-corrected chi connectivity index (χ2v) is 7.47. The van der Waals surface area contributed by atoms with Crippen molar-refractivity contribution in [3.8, 4) is 0 Å². The van der Waals surface area contributed by atoms with Crippen LogP contribution in [0.2, 0.25) is 0 Å². The van der Waals surface area contributed by atoms with Gasteiger partial charge >= 0.3 is 0 Å². The molecule has 0 atom stereocenters. The lowest BCUT2D eigenvalue weighted by molar-refractivity contribution is 1.04. The molecule has 2 heterocycles. The predicted molar refractivity (Wildman–Crippen MR) is 111 cm³/mol. The fourth-order valence-electron chi connectivity index (χ4n) is 3.00. The number of hydrogen-bond acceptors (Lipinski definition) is 3. The predicted octanol–water partition coefficient (Wildman–Crippen LogP) is 5.81. The molecule has 4 rings (SSSR count). The first-order valence-corrected chi connectivity index (χ1v) is 9.82. The quantitative estimate of drug-likeness (QED) is 0.429. The minimum Gasteiger partial charge on any atom is -0.250 e. The maximum atomic E-state index is 4.51. The molecule has 0 aliphatic rings. The van der Waals surface area contributed by atoms with Crippen molar-refractivity contribution < 1.29 is 0 Å². The molecule has 4 aromatic rings. The van der Waals surface area contributed by atoms with Crippen molar-refractivity contribution in [1.29, 1.82) is 0 Å². The summed E-state index contributed by atoms with van der Waals surface area (Å²) in [6.45, 7) is 0. The molecular formula is C24H20N2S. The summed E-state index contributed by atoms with van der Waals surface area (Å²) in [5.74, 6) is 0. The summed E-state index contributed by atoms with van der Waals surface area (Å²) in [6.07, 6.45) is 5.60. The monoisotopic (exact) mass is 368 g/mol. The largest absolute Gasteiger partial charge is 0.250 e. The Bertz CT molecular complexity index is 918. The van der Waals surface area contributed by atoms with Gasteiger partial charge in [-0.3, -0.25) is 0 Å². The van der Waals surface area contributed by atoms with Crippen LogP contribution in [-0.4, -0.2) is 9.97 Å². The summed E-state index contributed by atoms with van der Waals surface area (Å²) in [5.41, 5.74) is 5.14. The van der Waals surface area contributed by atoms with E-state index in [9.17, 15) is 0 Å². The van der Waals surface area contributed by atoms with E-state index in [1.54, 1.807) is 11.8 Å². The molecule has 132 valence electrons. The molecule has 2 nitrogen and oxygen atoms in total. The van der Waals surface area contributed by atoms with Crippen LogP contribution in [0.25, 0.3) is 0 Å². The highest BCUT2D eigenvalue weighted by Gasteiger charge is 2.05. The molecule has 3 heteroatoms. The average Bonchev–Trinajstić information content (AvgIpc) is 2.70. The number of pyridine rings is 2. The molecule has 0 radical (unpaired) electrons. The molecule has 2 aromatic carbocycles. The van der Waals surface area contributed by atoms with Crippen LogP contribution < -0.4 is 0 Å². The maximum absolute atomic E-state index is 4.51. The number of rotatable bonds is 6. The van der Waals surface area contributed by atoms with Crippen molar-refractivity contribution in [2.45, 2.75) is 22.9 Å². The molecule has 0 amide bonds. The lowest BCUT2D eigenvalue weighted by Crippen LogP contribution is -1.92. The topological polar surface area (TPSA) is 25.8 Å². The molecule has 0 aliphatic carbocycles. The van der Waals surface area contributed by atoms with E-state index in [4.69, 9.17) is 0 Å². The third-order valence-corrected chi connectivity index (χ3v) is 5.17.